The number of fused-ring (bicyclic) bond motifs is 1. The van der Waals surface area contributed by atoms with Crippen molar-refractivity contribution in [2.75, 3.05) is 0 Å². The van der Waals surface area contributed by atoms with Crippen molar-refractivity contribution in [3.8, 4) is 10.4 Å². The summed E-state index contributed by atoms with van der Waals surface area (Å²) in [5.74, 6) is 4.63. The minimum Gasteiger partial charge on any atom is -0.478 e. The van der Waals surface area contributed by atoms with Crippen LogP contribution in [0.2, 0.25) is 0 Å². The Morgan fingerprint density at radius 3 is 2.52 bits per heavy atom. The molecule has 0 saturated carbocycles. The van der Waals surface area contributed by atoms with E-state index in [4.69, 9.17) is 5.84 Å². The predicted octanol–water partition coefficient (Wildman–Crippen LogP) is 4.21. The Morgan fingerprint density at radius 2 is 1.96 bits per heavy atom. The molecule has 0 atom stereocenters. The molecule has 1 aromatic heterocycles. The zero-order valence-electron chi connectivity index (χ0n) is 15.3. The van der Waals surface area contributed by atoms with E-state index in [1.165, 1.54) is 4.88 Å². The van der Waals surface area contributed by atoms with Gasteiger partial charge < -0.3 is 5.11 Å². The second-order valence-corrected chi connectivity index (χ2v) is 8.94. The van der Waals surface area contributed by atoms with Crippen LogP contribution in [0.4, 0.5) is 0 Å². The maximum absolute atomic E-state index is 12.1. The standard InChI is InChI=1S/C20H26N2O2S/c1-11-7-13(10-22-21)8-12(2)16(11)18-17(19(23)24)14-9-20(3,4)6-5-15(14)25-18/h7-8,22H,5-6,9-10,21H2,1-4H3,(H,23,24). The maximum Gasteiger partial charge on any atom is 0.337 e. The molecule has 5 heteroatoms. The lowest BCUT2D eigenvalue weighted by Crippen LogP contribution is -2.22. The average Bonchev–Trinajstić information content (AvgIpc) is 2.83. The first-order valence-electron chi connectivity index (χ1n) is 8.65. The number of hydrogen-bond acceptors (Lipinski definition) is 4. The number of carboxylic acids is 1. The Bertz CT molecular complexity index is 813. The van der Waals surface area contributed by atoms with Crippen LogP contribution in [0.3, 0.4) is 0 Å². The van der Waals surface area contributed by atoms with Gasteiger partial charge >= 0.3 is 5.97 Å². The Labute approximate surface area is 153 Å². The van der Waals surface area contributed by atoms with Gasteiger partial charge in [0.1, 0.15) is 0 Å². The molecule has 0 unspecified atom stereocenters. The molecule has 4 nitrogen and oxygen atoms in total. The van der Waals surface area contributed by atoms with Gasteiger partial charge in [0, 0.05) is 16.3 Å². The fourth-order valence-electron chi connectivity index (χ4n) is 3.95. The van der Waals surface area contributed by atoms with Crippen molar-refractivity contribution in [2.45, 2.75) is 53.5 Å². The molecule has 1 aliphatic rings. The number of hydrazine groups is 1. The van der Waals surface area contributed by atoms with Crippen LogP contribution < -0.4 is 11.3 Å². The zero-order chi connectivity index (χ0) is 18.4. The second-order valence-electron chi connectivity index (χ2n) is 7.84. The van der Waals surface area contributed by atoms with Crippen molar-refractivity contribution in [3.05, 3.63) is 44.8 Å². The summed E-state index contributed by atoms with van der Waals surface area (Å²) in [5, 5.41) is 9.94. The van der Waals surface area contributed by atoms with E-state index in [-0.39, 0.29) is 5.41 Å². The van der Waals surface area contributed by atoms with Crippen molar-refractivity contribution < 1.29 is 9.90 Å². The van der Waals surface area contributed by atoms with Gasteiger partial charge in [0.15, 0.2) is 0 Å². The summed E-state index contributed by atoms with van der Waals surface area (Å²) in [6.45, 7) is 9.16. The molecule has 3 rings (SSSR count). The molecule has 0 saturated heterocycles. The highest BCUT2D eigenvalue weighted by Gasteiger charge is 2.33. The van der Waals surface area contributed by atoms with Crippen LogP contribution in [0.25, 0.3) is 10.4 Å². The van der Waals surface area contributed by atoms with Crippen molar-refractivity contribution in [2.24, 2.45) is 11.3 Å². The van der Waals surface area contributed by atoms with Crippen LogP contribution in [-0.2, 0) is 19.4 Å². The highest BCUT2D eigenvalue weighted by molar-refractivity contribution is 7.16. The molecule has 0 radical (unpaired) electrons. The first-order chi connectivity index (χ1) is 11.7. The van der Waals surface area contributed by atoms with Gasteiger partial charge in [-0.05, 0) is 66.3 Å². The number of aromatic carboxylic acids is 1. The summed E-state index contributed by atoms with van der Waals surface area (Å²) in [6, 6.07) is 4.19. The highest BCUT2D eigenvalue weighted by atomic mass is 32.1. The lowest BCUT2D eigenvalue weighted by molar-refractivity contribution is 0.0696. The van der Waals surface area contributed by atoms with Crippen molar-refractivity contribution in [1.82, 2.24) is 5.43 Å². The summed E-state index contributed by atoms with van der Waals surface area (Å²) < 4.78 is 0. The van der Waals surface area contributed by atoms with Gasteiger partial charge in [-0.1, -0.05) is 26.0 Å². The van der Waals surface area contributed by atoms with Crippen LogP contribution in [0, 0.1) is 19.3 Å². The molecule has 0 amide bonds. The van der Waals surface area contributed by atoms with Gasteiger partial charge in [-0.25, -0.2) is 4.79 Å². The molecule has 134 valence electrons. The molecule has 0 aliphatic heterocycles. The smallest absolute Gasteiger partial charge is 0.337 e. The first kappa shape index (κ1) is 18.1. The van der Waals surface area contributed by atoms with Crippen LogP contribution in [0.15, 0.2) is 12.1 Å². The van der Waals surface area contributed by atoms with E-state index in [1.54, 1.807) is 11.3 Å². The number of benzene rings is 1. The molecular weight excluding hydrogens is 332 g/mol. The SMILES string of the molecule is Cc1cc(CNN)cc(C)c1-c1sc2c(c1C(=O)O)CC(C)(C)CC2. The molecule has 0 spiro atoms. The monoisotopic (exact) mass is 358 g/mol. The summed E-state index contributed by atoms with van der Waals surface area (Å²) in [4.78, 5) is 14.3. The summed E-state index contributed by atoms with van der Waals surface area (Å²) >= 11 is 1.67. The van der Waals surface area contributed by atoms with Crippen molar-refractivity contribution in [3.63, 3.8) is 0 Å². The molecule has 0 fully saturated rings. The fraction of sp³-hybridized carbons (Fsp3) is 0.450. The van der Waals surface area contributed by atoms with Gasteiger partial charge in [-0.2, -0.15) is 0 Å². The van der Waals surface area contributed by atoms with Crippen molar-refractivity contribution >= 4 is 17.3 Å². The molecule has 0 bridgehead atoms. The molecule has 1 aromatic carbocycles. The molecule has 1 aliphatic carbocycles. The number of rotatable bonds is 4. The van der Waals surface area contributed by atoms with Gasteiger partial charge in [0.05, 0.1) is 5.56 Å². The van der Waals surface area contributed by atoms with Crippen LogP contribution >= 0.6 is 11.3 Å². The van der Waals surface area contributed by atoms with E-state index < -0.39 is 5.97 Å². The van der Waals surface area contributed by atoms with Crippen molar-refractivity contribution in [1.29, 1.82) is 0 Å². The molecule has 2 aromatic rings. The Hall–Kier alpha value is -1.69. The normalized spacial score (nSPS) is 15.9. The van der Waals surface area contributed by atoms with E-state index >= 15 is 0 Å². The number of carboxylic acid groups (broad SMARTS) is 1. The lowest BCUT2D eigenvalue weighted by atomic mass is 9.75. The van der Waals surface area contributed by atoms with E-state index in [0.29, 0.717) is 12.1 Å². The number of nitrogens with two attached hydrogens (primary N) is 1. The third-order valence-electron chi connectivity index (χ3n) is 5.11. The molecule has 25 heavy (non-hydrogen) atoms. The van der Waals surface area contributed by atoms with Crippen LogP contribution in [-0.4, -0.2) is 11.1 Å². The molecule has 4 N–H and O–H groups in total. The Balaban J connectivity index is 2.19. The summed E-state index contributed by atoms with van der Waals surface area (Å²) in [6.07, 6.45) is 2.92. The molecule has 1 heterocycles. The van der Waals surface area contributed by atoms with E-state index in [0.717, 1.165) is 52.0 Å². The quantitative estimate of drug-likeness (QED) is 0.565. The van der Waals surface area contributed by atoms with E-state index in [2.05, 4.69) is 45.3 Å². The van der Waals surface area contributed by atoms with Gasteiger partial charge in [-0.15, -0.1) is 11.3 Å². The summed E-state index contributed by atoms with van der Waals surface area (Å²) in [5.41, 5.74) is 8.80. The zero-order valence-corrected chi connectivity index (χ0v) is 16.1. The van der Waals surface area contributed by atoms with E-state index in [9.17, 15) is 9.90 Å². The minimum absolute atomic E-state index is 0.163. The maximum atomic E-state index is 12.1. The number of thiophene rings is 1. The Morgan fingerprint density at radius 1 is 1.32 bits per heavy atom. The highest BCUT2D eigenvalue weighted by Crippen LogP contribution is 2.46. The number of hydrogen-bond donors (Lipinski definition) is 3. The summed E-state index contributed by atoms with van der Waals surface area (Å²) in [7, 11) is 0. The number of carbonyl (C=O) groups is 1. The van der Waals surface area contributed by atoms with Crippen LogP contribution in [0.5, 0.6) is 0 Å². The van der Waals surface area contributed by atoms with Gasteiger partial charge in [-0.3, -0.25) is 11.3 Å². The topological polar surface area (TPSA) is 75.3 Å². The number of nitrogens with one attached hydrogen (secondary N) is 1. The van der Waals surface area contributed by atoms with Crippen LogP contribution in [0.1, 0.15) is 57.8 Å². The lowest BCUT2D eigenvalue weighted by Gasteiger charge is -2.29. The van der Waals surface area contributed by atoms with Gasteiger partial charge in [0.2, 0.25) is 0 Å². The minimum atomic E-state index is -0.809. The molecular formula is C20H26N2O2S. The third-order valence-corrected chi connectivity index (χ3v) is 6.42. The average molecular weight is 359 g/mol. The second kappa shape index (κ2) is 6.56. The first-order valence-corrected chi connectivity index (χ1v) is 9.47. The largest absolute Gasteiger partial charge is 0.478 e. The predicted molar refractivity (Wildman–Crippen MR) is 103 cm³/mol. The fourth-order valence-corrected chi connectivity index (χ4v) is 5.44. The third kappa shape index (κ3) is 3.36. The van der Waals surface area contributed by atoms with E-state index in [1.807, 2.05) is 0 Å². The Kier molecular flexibility index (Phi) is 4.75. The van der Waals surface area contributed by atoms with Gasteiger partial charge in [0.25, 0.3) is 0 Å². The number of aryl methyl sites for hydroxylation is 3.